The van der Waals surface area contributed by atoms with Crippen molar-refractivity contribution >= 4 is 28.0 Å². The van der Waals surface area contributed by atoms with Gasteiger partial charge in [0.05, 0.1) is 24.0 Å². The highest BCUT2D eigenvalue weighted by Crippen LogP contribution is 2.29. The number of pyridine rings is 1. The van der Waals surface area contributed by atoms with Crippen LogP contribution in [0, 0.1) is 0 Å². The van der Waals surface area contributed by atoms with Crippen molar-refractivity contribution in [3.05, 3.63) is 35.0 Å². The molecule has 0 aliphatic carbocycles. The summed E-state index contributed by atoms with van der Waals surface area (Å²) >= 11 is 0. The second-order valence-electron chi connectivity index (χ2n) is 7.89. The van der Waals surface area contributed by atoms with Gasteiger partial charge in [0.2, 0.25) is 5.91 Å². The Morgan fingerprint density at radius 2 is 1.96 bits per heavy atom. The molecule has 3 aromatic heterocycles. The van der Waals surface area contributed by atoms with Gasteiger partial charge >= 0.3 is 0 Å². The van der Waals surface area contributed by atoms with Gasteiger partial charge in [-0.25, -0.2) is 9.97 Å². The van der Waals surface area contributed by atoms with Gasteiger partial charge in [0.1, 0.15) is 11.2 Å². The van der Waals surface area contributed by atoms with Crippen molar-refractivity contribution in [2.75, 3.05) is 26.7 Å². The van der Waals surface area contributed by atoms with Crippen LogP contribution < -0.4 is 5.56 Å². The number of nitrogens with one attached hydrogen (secondary N) is 1. The fourth-order valence-electron chi connectivity index (χ4n) is 4.77. The van der Waals surface area contributed by atoms with Crippen LogP contribution in [0.25, 0.3) is 22.1 Å². The van der Waals surface area contributed by atoms with E-state index in [2.05, 4.69) is 19.9 Å². The van der Waals surface area contributed by atoms with Crippen LogP contribution >= 0.6 is 0 Å². The fourth-order valence-corrected chi connectivity index (χ4v) is 4.77. The lowest BCUT2D eigenvalue weighted by Gasteiger charge is -2.35. The molecule has 2 saturated heterocycles. The van der Waals surface area contributed by atoms with Crippen molar-refractivity contribution < 1.29 is 4.79 Å². The van der Waals surface area contributed by atoms with Crippen LogP contribution in [0.15, 0.2) is 29.5 Å². The smallest absolute Gasteiger partial charge is 0.269 e. The van der Waals surface area contributed by atoms with Gasteiger partial charge in [-0.05, 0) is 45.3 Å². The van der Waals surface area contributed by atoms with Gasteiger partial charge in [0, 0.05) is 30.7 Å². The maximum Gasteiger partial charge on any atom is 0.269 e. The van der Waals surface area contributed by atoms with E-state index in [-0.39, 0.29) is 23.6 Å². The first-order valence-corrected chi connectivity index (χ1v) is 9.96. The van der Waals surface area contributed by atoms with Crippen LogP contribution in [0.4, 0.5) is 0 Å². The molecular weight excluding hydrogens is 356 g/mol. The molecule has 3 aromatic rings. The molecule has 0 spiro atoms. The van der Waals surface area contributed by atoms with Gasteiger partial charge in [0.25, 0.3) is 5.56 Å². The molecule has 8 heteroatoms. The minimum Gasteiger partial charge on any atom is -0.346 e. The number of carbonyl (C=O) groups excluding carboxylic acids is 1. The second-order valence-corrected chi connectivity index (χ2v) is 7.89. The molecule has 1 amide bonds. The zero-order chi connectivity index (χ0) is 19.3. The van der Waals surface area contributed by atoms with Crippen LogP contribution in [0.5, 0.6) is 0 Å². The maximum atomic E-state index is 12.9. The Morgan fingerprint density at radius 3 is 2.71 bits per heavy atom. The number of carbonyl (C=O) groups is 1. The number of hydrogen-bond acceptors (Lipinski definition) is 5. The second kappa shape index (κ2) is 6.70. The van der Waals surface area contributed by atoms with E-state index in [1.165, 1.54) is 6.20 Å². The first-order chi connectivity index (χ1) is 13.6. The number of likely N-dealkylation sites (tertiary alicyclic amines) is 2. The molecule has 1 N–H and O–H groups in total. The maximum absolute atomic E-state index is 12.9. The minimum atomic E-state index is -0.0958. The average molecular weight is 380 g/mol. The van der Waals surface area contributed by atoms with Crippen molar-refractivity contribution in [1.29, 1.82) is 0 Å². The third-order valence-electron chi connectivity index (χ3n) is 6.28. The molecular formula is C20H24N6O2. The van der Waals surface area contributed by atoms with Gasteiger partial charge in [-0.2, -0.15) is 0 Å². The largest absolute Gasteiger partial charge is 0.346 e. The summed E-state index contributed by atoms with van der Waals surface area (Å²) in [5, 5.41) is 0.911. The standard InChI is InChI=1S/C20H24N6O2/c1-24-8-2-3-16(24)20(28)25-9-5-13(6-10-25)26-17(27)12-22-15-11-23-19-14(18(15)26)4-7-21-19/h4,7,11-13,16H,2-3,5-6,8-10H2,1H3,(H,21,23)/t16-/m0/s1. The number of aromatic nitrogens is 4. The number of rotatable bonds is 2. The van der Waals surface area contributed by atoms with Crippen LogP contribution in [0.2, 0.25) is 0 Å². The Hall–Kier alpha value is -2.74. The molecule has 8 nitrogen and oxygen atoms in total. The molecule has 2 aliphatic rings. The molecule has 0 saturated carbocycles. The van der Waals surface area contributed by atoms with E-state index in [1.54, 1.807) is 6.20 Å². The number of H-pyrrole nitrogens is 1. The van der Waals surface area contributed by atoms with E-state index in [0.29, 0.717) is 13.1 Å². The summed E-state index contributed by atoms with van der Waals surface area (Å²) in [7, 11) is 2.03. The summed E-state index contributed by atoms with van der Waals surface area (Å²) in [5.41, 5.74) is 2.21. The summed E-state index contributed by atoms with van der Waals surface area (Å²) < 4.78 is 1.86. The average Bonchev–Trinajstić information content (AvgIpc) is 3.36. The molecule has 0 radical (unpaired) electrons. The normalized spacial score (nSPS) is 21.8. The van der Waals surface area contributed by atoms with E-state index >= 15 is 0 Å². The van der Waals surface area contributed by atoms with Crippen molar-refractivity contribution in [1.82, 2.24) is 29.3 Å². The number of hydrogen-bond donors (Lipinski definition) is 1. The molecule has 0 bridgehead atoms. The van der Waals surface area contributed by atoms with Gasteiger partial charge in [-0.15, -0.1) is 0 Å². The van der Waals surface area contributed by atoms with E-state index in [9.17, 15) is 9.59 Å². The summed E-state index contributed by atoms with van der Waals surface area (Å²) in [6, 6.07) is 2.02. The monoisotopic (exact) mass is 380 g/mol. The molecule has 0 unspecified atom stereocenters. The predicted molar refractivity (Wildman–Crippen MR) is 106 cm³/mol. The van der Waals surface area contributed by atoms with Crippen molar-refractivity contribution in [3.63, 3.8) is 0 Å². The number of piperidine rings is 1. The molecule has 2 aliphatic heterocycles. The first-order valence-electron chi connectivity index (χ1n) is 9.96. The molecule has 146 valence electrons. The fraction of sp³-hybridized carbons (Fsp3) is 0.500. The summed E-state index contributed by atoms with van der Waals surface area (Å²) in [5.74, 6) is 0.239. The molecule has 5 heterocycles. The SMILES string of the molecule is CN1CCC[C@H]1C(=O)N1CCC(n2c(=O)cnc3cnc4[nH]ccc4c32)CC1. The third kappa shape index (κ3) is 2.71. The lowest BCUT2D eigenvalue weighted by molar-refractivity contribution is -0.136. The van der Waals surface area contributed by atoms with Gasteiger partial charge in [-0.3, -0.25) is 14.5 Å². The minimum absolute atomic E-state index is 0.0200. The Bertz CT molecular complexity index is 1090. The number of nitrogens with zero attached hydrogens (tertiary/aromatic N) is 5. The van der Waals surface area contributed by atoms with Crippen molar-refractivity contribution in [2.45, 2.75) is 37.8 Å². The lowest BCUT2D eigenvalue weighted by atomic mass is 10.0. The number of fused-ring (bicyclic) bond motifs is 3. The zero-order valence-electron chi connectivity index (χ0n) is 16.0. The molecule has 1 atom stereocenters. The van der Waals surface area contributed by atoms with Crippen LogP contribution in [0.3, 0.4) is 0 Å². The zero-order valence-corrected chi connectivity index (χ0v) is 16.0. The van der Waals surface area contributed by atoms with Crippen molar-refractivity contribution in [3.8, 4) is 0 Å². The van der Waals surface area contributed by atoms with Crippen LogP contribution in [-0.2, 0) is 4.79 Å². The van der Waals surface area contributed by atoms with Crippen LogP contribution in [-0.4, -0.2) is 67.9 Å². The molecule has 5 rings (SSSR count). The first kappa shape index (κ1) is 17.4. The Balaban J connectivity index is 1.44. The van der Waals surface area contributed by atoms with Gasteiger partial charge in [0.15, 0.2) is 0 Å². The Morgan fingerprint density at radius 1 is 1.14 bits per heavy atom. The quantitative estimate of drug-likeness (QED) is 0.729. The highest BCUT2D eigenvalue weighted by molar-refractivity contribution is 6.00. The number of amides is 1. The summed E-state index contributed by atoms with van der Waals surface area (Å²) in [6.07, 6.45) is 8.50. The van der Waals surface area contributed by atoms with Crippen molar-refractivity contribution in [2.24, 2.45) is 0 Å². The van der Waals surface area contributed by atoms with E-state index in [0.717, 1.165) is 54.3 Å². The van der Waals surface area contributed by atoms with E-state index < -0.39 is 0 Å². The Labute approximate surface area is 162 Å². The highest BCUT2D eigenvalue weighted by atomic mass is 16.2. The molecule has 2 fully saturated rings. The highest BCUT2D eigenvalue weighted by Gasteiger charge is 2.34. The predicted octanol–water partition coefficient (Wildman–Crippen LogP) is 1.53. The third-order valence-corrected chi connectivity index (χ3v) is 6.28. The topological polar surface area (TPSA) is 87.1 Å². The molecule has 0 aromatic carbocycles. The number of aromatic amines is 1. The Kier molecular flexibility index (Phi) is 4.16. The van der Waals surface area contributed by atoms with Gasteiger partial charge in [-0.1, -0.05) is 0 Å². The van der Waals surface area contributed by atoms with E-state index in [1.807, 2.05) is 28.8 Å². The number of likely N-dealkylation sites (N-methyl/N-ethyl adjacent to an activating group) is 1. The summed E-state index contributed by atoms with van der Waals surface area (Å²) in [4.78, 5) is 41.5. The summed E-state index contributed by atoms with van der Waals surface area (Å²) in [6.45, 7) is 2.36. The molecule has 28 heavy (non-hydrogen) atoms. The lowest BCUT2D eigenvalue weighted by Crippen LogP contribution is -2.48. The van der Waals surface area contributed by atoms with Gasteiger partial charge < -0.3 is 14.5 Å². The van der Waals surface area contributed by atoms with E-state index in [4.69, 9.17) is 0 Å². The van der Waals surface area contributed by atoms with Crippen LogP contribution in [0.1, 0.15) is 31.7 Å².